The quantitative estimate of drug-likeness (QED) is 0.490. The van der Waals surface area contributed by atoms with Crippen LogP contribution in [-0.4, -0.2) is 25.7 Å². The average Bonchev–Trinajstić information content (AvgIpc) is 3.28. The second-order valence-corrected chi connectivity index (χ2v) is 10.1. The lowest BCUT2D eigenvalue weighted by molar-refractivity contribution is 0.0697. The number of carbonyl (C=O) groups is 1. The summed E-state index contributed by atoms with van der Waals surface area (Å²) in [7, 11) is -3.44. The molecule has 1 aliphatic carbocycles. The molecule has 0 radical (unpaired) electrons. The molecule has 0 atom stereocenters. The Labute approximate surface area is 192 Å². The number of rotatable bonds is 7. The van der Waals surface area contributed by atoms with E-state index in [0.29, 0.717) is 17.7 Å². The molecular weight excluding hydrogens is 443 g/mol. The number of hydrogen-bond donors (Lipinski definition) is 1. The van der Waals surface area contributed by atoms with Crippen molar-refractivity contribution in [2.24, 2.45) is 0 Å². The highest BCUT2D eigenvalue weighted by Crippen LogP contribution is 2.43. The lowest BCUT2D eigenvalue weighted by Gasteiger charge is -2.16. The monoisotopic (exact) mass is 466 g/mol. The lowest BCUT2D eigenvalue weighted by atomic mass is 9.95. The number of ether oxygens (including phenoxy) is 1. The first-order valence-corrected chi connectivity index (χ1v) is 12.4. The fourth-order valence-corrected chi connectivity index (χ4v) is 4.69. The lowest BCUT2D eigenvalue weighted by Crippen LogP contribution is -2.03. The van der Waals surface area contributed by atoms with Crippen LogP contribution in [0.2, 0.25) is 0 Å². The van der Waals surface area contributed by atoms with E-state index in [1.165, 1.54) is 18.2 Å². The summed E-state index contributed by atoms with van der Waals surface area (Å²) in [5.41, 5.74) is 4.38. The molecule has 0 amide bonds. The second kappa shape index (κ2) is 9.19. The molecule has 0 unspecified atom stereocenters. The molecule has 0 saturated carbocycles. The van der Waals surface area contributed by atoms with Crippen molar-refractivity contribution in [1.29, 1.82) is 0 Å². The Kier molecular flexibility index (Phi) is 6.33. The van der Waals surface area contributed by atoms with Crippen molar-refractivity contribution >= 4 is 27.0 Å². The normalized spacial score (nSPS) is 13.9. The molecule has 0 spiro atoms. The minimum Gasteiger partial charge on any atom is -0.488 e. The molecule has 0 heterocycles. The third-order valence-electron chi connectivity index (χ3n) is 5.69. The standard InChI is InChI=1S/C26H23FO5S/c1-33(30,31)21-12-13-25(32-16-17-8-10-20(27)11-9-17)24(15-21)23-7-3-6-22(23)18-4-2-5-19(14-18)26(28)29/h2,4-5,8-15H,3,6-7,16H2,1H3,(H,28,29). The Balaban J connectivity index is 1.79. The maximum atomic E-state index is 13.2. The van der Waals surface area contributed by atoms with E-state index < -0.39 is 15.8 Å². The van der Waals surface area contributed by atoms with E-state index in [0.717, 1.165) is 41.4 Å². The summed E-state index contributed by atoms with van der Waals surface area (Å²) in [5, 5.41) is 9.37. The zero-order chi connectivity index (χ0) is 23.6. The van der Waals surface area contributed by atoms with E-state index >= 15 is 0 Å². The first-order chi connectivity index (χ1) is 15.7. The van der Waals surface area contributed by atoms with Crippen LogP contribution < -0.4 is 4.74 Å². The van der Waals surface area contributed by atoms with Crippen LogP contribution in [0, 0.1) is 5.82 Å². The molecule has 0 aliphatic heterocycles. The van der Waals surface area contributed by atoms with E-state index in [1.807, 2.05) is 6.07 Å². The largest absolute Gasteiger partial charge is 0.488 e. The van der Waals surface area contributed by atoms with Gasteiger partial charge in [-0.05, 0) is 84.0 Å². The van der Waals surface area contributed by atoms with Gasteiger partial charge < -0.3 is 9.84 Å². The van der Waals surface area contributed by atoms with Crippen LogP contribution >= 0.6 is 0 Å². The Morgan fingerprint density at radius 3 is 2.42 bits per heavy atom. The van der Waals surface area contributed by atoms with E-state index in [1.54, 1.807) is 42.5 Å². The first kappa shape index (κ1) is 22.7. The highest BCUT2D eigenvalue weighted by atomic mass is 32.2. The smallest absolute Gasteiger partial charge is 0.335 e. The molecule has 7 heteroatoms. The van der Waals surface area contributed by atoms with Gasteiger partial charge in [0.05, 0.1) is 10.5 Å². The van der Waals surface area contributed by atoms with Crippen molar-refractivity contribution < 1.29 is 27.4 Å². The minimum absolute atomic E-state index is 0.185. The van der Waals surface area contributed by atoms with Crippen LogP contribution in [0.1, 0.15) is 46.3 Å². The third-order valence-corrected chi connectivity index (χ3v) is 6.80. The van der Waals surface area contributed by atoms with Crippen molar-refractivity contribution in [3.05, 3.63) is 94.8 Å². The number of carboxylic acid groups (broad SMARTS) is 1. The average molecular weight is 467 g/mol. The number of aromatic carboxylic acids is 1. The fraction of sp³-hybridized carbons (Fsp3) is 0.192. The molecule has 5 nitrogen and oxygen atoms in total. The molecule has 170 valence electrons. The maximum Gasteiger partial charge on any atom is 0.335 e. The summed E-state index contributed by atoms with van der Waals surface area (Å²) in [6, 6.07) is 17.5. The summed E-state index contributed by atoms with van der Waals surface area (Å²) < 4.78 is 43.7. The number of sulfone groups is 1. The van der Waals surface area contributed by atoms with E-state index in [9.17, 15) is 22.7 Å². The molecular formula is C26H23FO5S. The van der Waals surface area contributed by atoms with Crippen molar-refractivity contribution in [1.82, 2.24) is 0 Å². The van der Waals surface area contributed by atoms with Crippen LogP contribution in [-0.2, 0) is 16.4 Å². The highest BCUT2D eigenvalue weighted by Gasteiger charge is 2.23. The van der Waals surface area contributed by atoms with E-state index in [-0.39, 0.29) is 22.9 Å². The van der Waals surface area contributed by atoms with Crippen molar-refractivity contribution in [3.63, 3.8) is 0 Å². The highest BCUT2D eigenvalue weighted by molar-refractivity contribution is 7.90. The summed E-state index contributed by atoms with van der Waals surface area (Å²) in [4.78, 5) is 11.6. The first-order valence-electron chi connectivity index (χ1n) is 10.5. The molecule has 4 rings (SSSR count). The van der Waals surface area contributed by atoms with Gasteiger partial charge in [0.2, 0.25) is 0 Å². The van der Waals surface area contributed by atoms with Gasteiger partial charge in [-0.15, -0.1) is 0 Å². The van der Waals surface area contributed by atoms with E-state index in [4.69, 9.17) is 4.74 Å². The zero-order valence-electron chi connectivity index (χ0n) is 18.0. The molecule has 0 fully saturated rings. The van der Waals surface area contributed by atoms with Crippen LogP contribution in [0.5, 0.6) is 5.75 Å². The number of hydrogen-bond acceptors (Lipinski definition) is 4. The van der Waals surface area contributed by atoms with Gasteiger partial charge in [0.15, 0.2) is 9.84 Å². The predicted molar refractivity (Wildman–Crippen MR) is 124 cm³/mol. The number of halogens is 1. The van der Waals surface area contributed by atoms with Crippen LogP contribution in [0.15, 0.2) is 71.6 Å². The molecule has 0 bridgehead atoms. The van der Waals surface area contributed by atoms with Gasteiger partial charge in [-0.2, -0.15) is 0 Å². The molecule has 1 aliphatic rings. The van der Waals surface area contributed by atoms with Crippen LogP contribution in [0.3, 0.4) is 0 Å². The van der Waals surface area contributed by atoms with E-state index in [2.05, 4.69) is 0 Å². The number of benzene rings is 3. The summed E-state index contributed by atoms with van der Waals surface area (Å²) in [5.74, 6) is -0.809. The van der Waals surface area contributed by atoms with Crippen LogP contribution in [0.4, 0.5) is 4.39 Å². The topological polar surface area (TPSA) is 80.7 Å². The zero-order valence-corrected chi connectivity index (χ0v) is 18.9. The van der Waals surface area contributed by atoms with Gasteiger partial charge in [-0.1, -0.05) is 24.3 Å². The van der Waals surface area contributed by atoms with Gasteiger partial charge in [-0.3, -0.25) is 0 Å². The van der Waals surface area contributed by atoms with Crippen molar-refractivity contribution in [2.45, 2.75) is 30.8 Å². The molecule has 0 saturated heterocycles. The van der Waals surface area contributed by atoms with Gasteiger partial charge in [-0.25, -0.2) is 17.6 Å². The van der Waals surface area contributed by atoms with Crippen molar-refractivity contribution in [3.8, 4) is 5.75 Å². The van der Waals surface area contributed by atoms with Gasteiger partial charge in [0.25, 0.3) is 0 Å². The predicted octanol–water partition coefficient (Wildman–Crippen LogP) is 5.60. The number of allylic oxidation sites excluding steroid dienone is 2. The molecule has 3 aromatic rings. The maximum absolute atomic E-state index is 13.2. The molecule has 1 N–H and O–H groups in total. The summed E-state index contributed by atoms with van der Waals surface area (Å²) in [6.07, 6.45) is 3.49. The molecule has 3 aromatic carbocycles. The SMILES string of the molecule is CS(=O)(=O)c1ccc(OCc2ccc(F)cc2)c(C2=C(c3cccc(C(=O)O)c3)CCC2)c1. The number of carboxylic acids is 1. The van der Waals surface area contributed by atoms with Gasteiger partial charge in [0.1, 0.15) is 18.2 Å². The Morgan fingerprint density at radius 2 is 1.73 bits per heavy atom. The second-order valence-electron chi connectivity index (χ2n) is 8.04. The molecule has 0 aromatic heterocycles. The Morgan fingerprint density at radius 1 is 1.00 bits per heavy atom. The van der Waals surface area contributed by atoms with Gasteiger partial charge >= 0.3 is 5.97 Å². The molecule has 33 heavy (non-hydrogen) atoms. The Bertz CT molecular complexity index is 1340. The fourth-order valence-electron chi connectivity index (χ4n) is 4.04. The minimum atomic E-state index is -3.44. The third kappa shape index (κ3) is 5.14. The van der Waals surface area contributed by atoms with Gasteiger partial charge in [0, 0.05) is 11.8 Å². The van der Waals surface area contributed by atoms with Crippen molar-refractivity contribution in [2.75, 3.05) is 6.26 Å². The summed E-state index contributed by atoms with van der Waals surface area (Å²) >= 11 is 0. The van der Waals surface area contributed by atoms with Crippen LogP contribution in [0.25, 0.3) is 11.1 Å². The summed E-state index contributed by atoms with van der Waals surface area (Å²) in [6.45, 7) is 0.197. The Hall–Kier alpha value is -3.45.